The normalized spacial score (nSPS) is 12.3. The number of fused-ring (bicyclic) bond motifs is 3. The monoisotopic (exact) mass is 373 g/mol. The average Bonchev–Trinajstić information content (AvgIpc) is 2.42. The third-order valence-corrected chi connectivity index (χ3v) is 4.52. The summed E-state index contributed by atoms with van der Waals surface area (Å²) in [6, 6.07) is 8.85. The minimum atomic E-state index is -4.53. The fourth-order valence-corrected chi connectivity index (χ4v) is 3.19. The highest BCUT2D eigenvalue weighted by atomic mass is 79.9. The summed E-state index contributed by atoms with van der Waals surface area (Å²) < 4.78 is 40.1. The van der Waals surface area contributed by atoms with Crippen LogP contribution in [0.4, 0.5) is 13.2 Å². The van der Waals surface area contributed by atoms with Crippen molar-refractivity contribution in [3.63, 3.8) is 0 Å². The zero-order valence-corrected chi connectivity index (χ0v) is 13.1. The Labute approximate surface area is 131 Å². The molecule has 0 atom stereocenters. The maximum Gasteiger partial charge on any atom is 0.433 e. The molecule has 21 heavy (non-hydrogen) atoms. The zero-order chi connectivity index (χ0) is 15.4. The average molecular weight is 375 g/mol. The quantitative estimate of drug-likeness (QED) is 0.431. The highest BCUT2D eigenvalue weighted by Gasteiger charge is 2.36. The van der Waals surface area contributed by atoms with Crippen molar-refractivity contribution in [2.45, 2.75) is 13.1 Å². The molecule has 1 heterocycles. The van der Waals surface area contributed by atoms with Crippen molar-refractivity contribution >= 4 is 49.2 Å². The second-order valence-corrected chi connectivity index (χ2v) is 5.93. The number of halogens is 5. The van der Waals surface area contributed by atoms with Crippen molar-refractivity contribution in [3.05, 3.63) is 51.1 Å². The molecule has 0 aliphatic rings. The molecule has 0 N–H and O–H groups in total. The summed E-state index contributed by atoms with van der Waals surface area (Å²) in [4.78, 5) is 3.85. The maximum absolute atomic E-state index is 13.1. The van der Waals surface area contributed by atoms with E-state index in [1.807, 2.05) is 12.1 Å². The van der Waals surface area contributed by atoms with Gasteiger partial charge in [-0.3, -0.25) is 0 Å². The van der Waals surface area contributed by atoms with Crippen molar-refractivity contribution in [3.8, 4) is 0 Å². The van der Waals surface area contributed by atoms with Crippen LogP contribution in [0.1, 0.15) is 11.3 Å². The topological polar surface area (TPSA) is 12.9 Å². The SMILES string of the molecule is Cc1c(C(F)(F)F)nc2c(cc(Br)c3ccccc32)c1Cl. The zero-order valence-electron chi connectivity index (χ0n) is 10.7. The molecule has 1 nitrogen and oxygen atoms in total. The fourth-order valence-electron chi connectivity index (χ4n) is 2.38. The summed E-state index contributed by atoms with van der Waals surface area (Å²) in [5.74, 6) is 0. The van der Waals surface area contributed by atoms with Gasteiger partial charge in [-0.2, -0.15) is 13.2 Å². The van der Waals surface area contributed by atoms with Crippen LogP contribution in [0.15, 0.2) is 34.8 Å². The van der Waals surface area contributed by atoms with Crippen LogP contribution in [-0.2, 0) is 6.18 Å². The number of hydrogen-bond acceptors (Lipinski definition) is 1. The van der Waals surface area contributed by atoms with Crippen molar-refractivity contribution < 1.29 is 13.2 Å². The minimum Gasteiger partial charge on any atom is -0.242 e. The van der Waals surface area contributed by atoms with Crippen molar-refractivity contribution in [2.75, 3.05) is 0 Å². The van der Waals surface area contributed by atoms with Gasteiger partial charge in [0.05, 0.1) is 10.5 Å². The molecule has 6 heteroatoms. The molecule has 108 valence electrons. The van der Waals surface area contributed by atoms with Crippen LogP contribution < -0.4 is 0 Å². The molecule has 0 saturated heterocycles. The van der Waals surface area contributed by atoms with Gasteiger partial charge in [0, 0.05) is 15.2 Å². The molecule has 0 bridgehead atoms. The molecule has 0 radical (unpaired) electrons. The Balaban J connectivity index is 2.56. The number of benzene rings is 2. The van der Waals surface area contributed by atoms with E-state index in [0.717, 1.165) is 9.86 Å². The molecular formula is C15H8BrClF3N. The molecule has 3 aromatic rings. The van der Waals surface area contributed by atoms with Gasteiger partial charge in [-0.05, 0) is 23.9 Å². The summed E-state index contributed by atoms with van der Waals surface area (Å²) >= 11 is 9.57. The van der Waals surface area contributed by atoms with Gasteiger partial charge in [-0.1, -0.05) is 51.8 Å². The van der Waals surface area contributed by atoms with Crippen molar-refractivity contribution in [1.29, 1.82) is 0 Å². The summed E-state index contributed by atoms with van der Waals surface area (Å²) in [7, 11) is 0. The number of aromatic nitrogens is 1. The molecule has 0 saturated carbocycles. The highest BCUT2D eigenvalue weighted by Crippen LogP contribution is 2.40. The number of nitrogens with zero attached hydrogens (tertiary/aromatic N) is 1. The summed E-state index contributed by atoms with van der Waals surface area (Å²) in [6.07, 6.45) is -4.53. The van der Waals surface area contributed by atoms with Gasteiger partial charge in [0.1, 0.15) is 5.69 Å². The molecule has 3 rings (SSSR count). The van der Waals surface area contributed by atoms with Crippen LogP contribution in [0.25, 0.3) is 21.7 Å². The lowest BCUT2D eigenvalue weighted by Gasteiger charge is -2.14. The van der Waals surface area contributed by atoms with E-state index in [-0.39, 0.29) is 16.1 Å². The standard InChI is InChI=1S/C15H8BrClF3N/c1-7-12(17)10-6-11(16)8-4-2-3-5-9(8)13(10)21-14(7)15(18,19)20/h2-6H,1H3. The van der Waals surface area contributed by atoms with E-state index in [9.17, 15) is 13.2 Å². The van der Waals surface area contributed by atoms with Gasteiger partial charge in [-0.15, -0.1) is 0 Å². The molecule has 0 aliphatic carbocycles. The summed E-state index contributed by atoms with van der Waals surface area (Å²) in [6.45, 7) is 1.33. The van der Waals surface area contributed by atoms with E-state index in [4.69, 9.17) is 11.6 Å². The molecule has 0 spiro atoms. The van der Waals surface area contributed by atoms with Crippen LogP contribution in [0.2, 0.25) is 5.02 Å². The first-order valence-corrected chi connectivity index (χ1v) is 7.22. The van der Waals surface area contributed by atoms with E-state index in [1.165, 1.54) is 6.92 Å². The Bertz CT molecular complexity index is 874. The van der Waals surface area contributed by atoms with Crippen LogP contribution in [0.3, 0.4) is 0 Å². The van der Waals surface area contributed by atoms with Crippen LogP contribution >= 0.6 is 27.5 Å². The van der Waals surface area contributed by atoms with Crippen LogP contribution in [-0.4, -0.2) is 4.98 Å². The number of pyridine rings is 1. The Morgan fingerprint density at radius 1 is 1.10 bits per heavy atom. The van der Waals surface area contributed by atoms with Gasteiger partial charge >= 0.3 is 6.18 Å². The molecule has 2 aromatic carbocycles. The predicted octanol–water partition coefficient (Wildman–Crippen LogP) is 6.13. The molecule has 0 amide bonds. The van der Waals surface area contributed by atoms with E-state index < -0.39 is 11.9 Å². The first-order valence-electron chi connectivity index (χ1n) is 6.05. The molecule has 0 fully saturated rings. The Kier molecular flexibility index (Phi) is 3.37. The van der Waals surface area contributed by atoms with Gasteiger partial charge in [0.15, 0.2) is 0 Å². The predicted molar refractivity (Wildman–Crippen MR) is 81.7 cm³/mol. The molecular weight excluding hydrogens is 367 g/mol. The lowest BCUT2D eigenvalue weighted by Crippen LogP contribution is -2.11. The summed E-state index contributed by atoms with van der Waals surface area (Å²) in [5, 5.41) is 2.02. The number of rotatable bonds is 0. The lowest BCUT2D eigenvalue weighted by atomic mass is 10.0. The smallest absolute Gasteiger partial charge is 0.242 e. The van der Waals surface area contributed by atoms with E-state index >= 15 is 0 Å². The van der Waals surface area contributed by atoms with Crippen LogP contribution in [0, 0.1) is 6.92 Å². The van der Waals surface area contributed by atoms with Gasteiger partial charge < -0.3 is 0 Å². The lowest BCUT2D eigenvalue weighted by molar-refractivity contribution is -0.141. The Morgan fingerprint density at radius 3 is 2.33 bits per heavy atom. The van der Waals surface area contributed by atoms with Gasteiger partial charge in [0.2, 0.25) is 0 Å². The Morgan fingerprint density at radius 2 is 1.71 bits per heavy atom. The first kappa shape index (κ1) is 14.6. The number of hydrogen-bond donors (Lipinski definition) is 0. The second-order valence-electron chi connectivity index (χ2n) is 4.70. The van der Waals surface area contributed by atoms with Crippen molar-refractivity contribution in [1.82, 2.24) is 4.98 Å². The summed E-state index contributed by atoms with van der Waals surface area (Å²) in [5.41, 5.74) is -0.733. The van der Waals surface area contributed by atoms with Gasteiger partial charge in [0.25, 0.3) is 0 Å². The highest BCUT2D eigenvalue weighted by molar-refractivity contribution is 9.10. The fraction of sp³-hybridized carbons (Fsp3) is 0.133. The number of alkyl halides is 3. The molecule has 0 aliphatic heterocycles. The second kappa shape index (κ2) is 4.85. The maximum atomic E-state index is 13.1. The van der Waals surface area contributed by atoms with Crippen LogP contribution in [0.5, 0.6) is 0 Å². The Hall–Kier alpha value is -1.33. The molecule has 0 unspecified atom stereocenters. The minimum absolute atomic E-state index is 0.0566. The van der Waals surface area contributed by atoms with E-state index in [2.05, 4.69) is 20.9 Å². The van der Waals surface area contributed by atoms with Crippen molar-refractivity contribution in [2.24, 2.45) is 0 Å². The first-order chi connectivity index (χ1) is 9.80. The van der Waals surface area contributed by atoms with E-state index in [0.29, 0.717) is 10.8 Å². The van der Waals surface area contributed by atoms with Gasteiger partial charge in [-0.25, -0.2) is 4.98 Å². The largest absolute Gasteiger partial charge is 0.433 e. The third kappa shape index (κ3) is 2.28. The molecule has 1 aromatic heterocycles. The van der Waals surface area contributed by atoms with E-state index in [1.54, 1.807) is 18.2 Å². The third-order valence-electron chi connectivity index (χ3n) is 3.38.